The number of carboxylic acids is 1. The van der Waals surface area contributed by atoms with Gasteiger partial charge in [0.25, 0.3) is 10.0 Å². The van der Waals surface area contributed by atoms with Crippen LogP contribution in [-0.2, 0) is 19.6 Å². The van der Waals surface area contributed by atoms with Crippen LogP contribution in [0.2, 0.25) is 0 Å². The molecule has 1 aromatic rings. The van der Waals surface area contributed by atoms with E-state index < -0.39 is 22.0 Å². The Bertz CT molecular complexity index is 564. The summed E-state index contributed by atoms with van der Waals surface area (Å²) in [5, 5.41) is 9.16. The molecule has 0 bridgehead atoms. The fourth-order valence-electron chi connectivity index (χ4n) is 1.83. The van der Waals surface area contributed by atoms with E-state index in [1.165, 1.54) is 6.07 Å². The number of halogens is 1. The van der Waals surface area contributed by atoms with E-state index in [9.17, 15) is 13.2 Å². The molecule has 0 radical (unpaired) electrons. The molecule has 0 aliphatic carbocycles. The molecule has 0 spiro atoms. The molecule has 19 heavy (non-hydrogen) atoms. The Morgan fingerprint density at radius 2 is 2.32 bits per heavy atom. The molecule has 2 rings (SSSR count). The zero-order valence-corrected chi connectivity index (χ0v) is 12.9. The lowest BCUT2D eigenvalue weighted by molar-refractivity contribution is -0.140. The predicted molar refractivity (Wildman–Crippen MR) is 72.7 cm³/mol. The Morgan fingerprint density at radius 1 is 1.58 bits per heavy atom. The maximum Gasteiger partial charge on any atom is 0.322 e. The molecular weight excluding hydrogens is 358 g/mol. The Morgan fingerprint density at radius 3 is 2.79 bits per heavy atom. The van der Waals surface area contributed by atoms with Gasteiger partial charge in [0.2, 0.25) is 0 Å². The van der Waals surface area contributed by atoms with E-state index in [2.05, 4.69) is 20.7 Å². The van der Waals surface area contributed by atoms with Crippen molar-refractivity contribution in [1.29, 1.82) is 0 Å². The number of carboxylic acid groups (broad SMARTS) is 1. The lowest BCUT2D eigenvalue weighted by atomic mass is 10.0. The molecule has 2 heterocycles. The summed E-state index contributed by atoms with van der Waals surface area (Å²) in [4.78, 5) is 11.2. The third kappa shape index (κ3) is 3.54. The predicted octanol–water partition coefficient (Wildman–Crippen LogP) is 1.28. The molecule has 2 N–H and O–H groups in total. The molecule has 6 nitrogen and oxygen atoms in total. The van der Waals surface area contributed by atoms with Crippen LogP contribution in [0.15, 0.2) is 20.1 Å². The number of hydrogen-bond donors (Lipinski definition) is 2. The lowest BCUT2D eigenvalue weighted by Crippen LogP contribution is -2.45. The molecule has 1 aromatic heterocycles. The normalized spacial score (nSPS) is 21.4. The molecule has 2 atom stereocenters. The first-order valence-corrected chi connectivity index (χ1v) is 8.57. The lowest BCUT2D eigenvalue weighted by Gasteiger charge is -2.18. The summed E-state index contributed by atoms with van der Waals surface area (Å²) in [6.07, 6.45) is 0.535. The van der Waals surface area contributed by atoms with Gasteiger partial charge in [-0.05, 0) is 34.5 Å². The number of carbonyl (C=O) groups is 1. The van der Waals surface area contributed by atoms with Crippen LogP contribution in [0, 0.1) is 5.92 Å². The monoisotopic (exact) mass is 369 g/mol. The summed E-state index contributed by atoms with van der Waals surface area (Å²) in [6, 6.07) is 1.88. The number of aliphatic carboxylic acids is 1. The Balaban J connectivity index is 2.18. The quantitative estimate of drug-likeness (QED) is 0.815. The van der Waals surface area contributed by atoms with Gasteiger partial charge in [0, 0.05) is 12.5 Å². The second-order valence-corrected chi connectivity index (χ2v) is 8.52. The highest BCUT2D eigenvalue weighted by atomic mass is 79.9. The first-order chi connectivity index (χ1) is 8.90. The second-order valence-electron chi connectivity index (χ2n) is 4.12. The van der Waals surface area contributed by atoms with Crippen LogP contribution < -0.4 is 4.72 Å². The van der Waals surface area contributed by atoms with Crippen molar-refractivity contribution in [2.45, 2.75) is 16.7 Å². The topological polar surface area (TPSA) is 92.7 Å². The zero-order chi connectivity index (χ0) is 14.0. The molecule has 1 aliphatic heterocycles. The number of nitrogens with one attached hydrogen (secondary N) is 1. The number of thiophene rings is 1. The first-order valence-electron chi connectivity index (χ1n) is 5.48. The molecule has 0 amide bonds. The van der Waals surface area contributed by atoms with Gasteiger partial charge in [0.15, 0.2) is 0 Å². The van der Waals surface area contributed by atoms with Crippen molar-refractivity contribution in [2.75, 3.05) is 13.2 Å². The fraction of sp³-hybridized carbons (Fsp3) is 0.500. The van der Waals surface area contributed by atoms with Crippen molar-refractivity contribution in [3.8, 4) is 0 Å². The largest absolute Gasteiger partial charge is 0.480 e. The standard InChI is InChI=1S/C10H12BrNO5S2/c11-7-1-2-8(18-7)19(15,16)12-9(10(13)14)6-3-4-17-5-6/h1-2,6,9,12H,3-5H2,(H,13,14). The third-order valence-corrected chi connectivity index (χ3v) is 6.35. The van der Waals surface area contributed by atoms with E-state index in [0.29, 0.717) is 16.8 Å². The van der Waals surface area contributed by atoms with Gasteiger partial charge >= 0.3 is 5.97 Å². The molecular formula is C10H12BrNO5S2. The first kappa shape index (κ1) is 14.9. The number of hydrogen-bond acceptors (Lipinski definition) is 5. The van der Waals surface area contributed by atoms with Crippen molar-refractivity contribution in [1.82, 2.24) is 4.72 Å². The van der Waals surface area contributed by atoms with Crippen molar-refractivity contribution in [3.05, 3.63) is 15.9 Å². The van der Waals surface area contributed by atoms with Crippen molar-refractivity contribution in [2.24, 2.45) is 5.92 Å². The minimum absolute atomic E-state index is 0.0875. The van der Waals surface area contributed by atoms with E-state index in [1.807, 2.05) is 0 Å². The van der Waals surface area contributed by atoms with E-state index >= 15 is 0 Å². The van der Waals surface area contributed by atoms with E-state index in [4.69, 9.17) is 9.84 Å². The van der Waals surface area contributed by atoms with Gasteiger partial charge in [-0.3, -0.25) is 4.79 Å². The second kappa shape index (κ2) is 5.88. The molecule has 1 saturated heterocycles. The van der Waals surface area contributed by atoms with Crippen LogP contribution in [0.3, 0.4) is 0 Å². The van der Waals surface area contributed by atoms with Gasteiger partial charge in [-0.15, -0.1) is 11.3 Å². The van der Waals surface area contributed by atoms with Crippen LogP contribution in [0.4, 0.5) is 0 Å². The number of sulfonamides is 1. The van der Waals surface area contributed by atoms with E-state index in [0.717, 1.165) is 11.3 Å². The van der Waals surface area contributed by atoms with Gasteiger partial charge < -0.3 is 9.84 Å². The molecule has 0 saturated carbocycles. The SMILES string of the molecule is O=C(O)C(NS(=O)(=O)c1ccc(Br)s1)C1CCOC1. The van der Waals surface area contributed by atoms with E-state index in [1.54, 1.807) is 6.07 Å². The van der Waals surface area contributed by atoms with Gasteiger partial charge in [-0.25, -0.2) is 8.42 Å². The molecule has 2 unspecified atom stereocenters. The maximum absolute atomic E-state index is 12.1. The van der Waals surface area contributed by atoms with Crippen LogP contribution in [-0.4, -0.2) is 38.7 Å². The Kier molecular flexibility index (Phi) is 4.62. The number of rotatable bonds is 5. The van der Waals surface area contributed by atoms with Crippen molar-refractivity contribution < 1.29 is 23.1 Å². The van der Waals surface area contributed by atoms with Crippen LogP contribution in [0.1, 0.15) is 6.42 Å². The van der Waals surface area contributed by atoms with Crippen LogP contribution in [0.25, 0.3) is 0 Å². The highest BCUT2D eigenvalue weighted by Crippen LogP contribution is 2.27. The maximum atomic E-state index is 12.1. The molecule has 0 aromatic carbocycles. The Hall–Kier alpha value is -0.480. The molecule has 9 heteroatoms. The summed E-state index contributed by atoms with van der Waals surface area (Å²) in [6.45, 7) is 0.717. The minimum Gasteiger partial charge on any atom is -0.480 e. The van der Waals surface area contributed by atoms with Crippen molar-refractivity contribution in [3.63, 3.8) is 0 Å². The van der Waals surface area contributed by atoms with Gasteiger partial charge in [0.1, 0.15) is 10.3 Å². The molecule has 106 valence electrons. The molecule has 1 aliphatic rings. The highest BCUT2D eigenvalue weighted by molar-refractivity contribution is 9.11. The van der Waals surface area contributed by atoms with Gasteiger partial charge in [-0.2, -0.15) is 4.72 Å². The average Bonchev–Trinajstić information content (AvgIpc) is 2.96. The Labute approximate surface area is 123 Å². The summed E-state index contributed by atoms with van der Waals surface area (Å²) in [5.41, 5.74) is 0. The molecule has 1 fully saturated rings. The summed E-state index contributed by atoms with van der Waals surface area (Å²) >= 11 is 4.21. The third-order valence-electron chi connectivity index (χ3n) is 2.80. The van der Waals surface area contributed by atoms with Gasteiger partial charge in [-0.1, -0.05) is 0 Å². The van der Waals surface area contributed by atoms with Gasteiger partial charge in [0.05, 0.1) is 10.4 Å². The minimum atomic E-state index is -3.82. The fourth-order valence-corrected chi connectivity index (χ4v) is 5.12. The van der Waals surface area contributed by atoms with Crippen LogP contribution >= 0.6 is 27.3 Å². The van der Waals surface area contributed by atoms with Crippen molar-refractivity contribution >= 4 is 43.3 Å². The highest BCUT2D eigenvalue weighted by Gasteiger charge is 2.35. The smallest absolute Gasteiger partial charge is 0.322 e. The average molecular weight is 370 g/mol. The summed E-state index contributed by atoms with van der Waals surface area (Å²) < 4.78 is 32.3. The summed E-state index contributed by atoms with van der Waals surface area (Å²) in [5.74, 6) is -1.52. The van der Waals surface area contributed by atoms with Crippen LogP contribution in [0.5, 0.6) is 0 Å². The number of ether oxygens (including phenoxy) is 1. The van der Waals surface area contributed by atoms with E-state index in [-0.39, 0.29) is 16.7 Å². The zero-order valence-electron chi connectivity index (χ0n) is 9.71. The summed E-state index contributed by atoms with van der Waals surface area (Å²) in [7, 11) is -3.82.